The molecule has 0 spiro atoms. The van der Waals surface area contributed by atoms with Gasteiger partial charge in [-0.25, -0.2) is 0 Å². The summed E-state index contributed by atoms with van der Waals surface area (Å²) in [5, 5.41) is 0. The van der Waals surface area contributed by atoms with Gasteiger partial charge in [0.05, 0.1) is 0 Å². The van der Waals surface area contributed by atoms with E-state index in [1.54, 1.807) is 6.92 Å². The summed E-state index contributed by atoms with van der Waals surface area (Å²) in [7, 11) is 0. The van der Waals surface area contributed by atoms with E-state index in [0.29, 0.717) is 0 Å². The van der Waals surface area contributed by atoms with Crippen molar-refractivity contribution >= 4 is 11.5 Å². The number of carbonyl (C=O) groups excluding carboxylic acids is 1. The molecule has 0 aromatic carbocycles. The van der Waals surface area contributed by atoms with Gasteiger partial charge in [-0.15, -0.1) is 0 Å². The van der Waals surface area contributed by atoms with Crippen LogP contribution in [0.25, 0.3) is 0 Å². The Morgan fingerprint density at radius 1 is 1.80 bits per heavy atom. The Morgan fingerprint density at radius 2 is 2.50 bits per heavy atom. The monoisotopic (exact) mass is 139 g/mol. The summed E-state index contributed by atoms with van der Waals surface area (Å²) in [6.07, 6.45) is 1.91. The summed E-state index contributed by atoms with van der Waals surface area (Å²) in [4.78, 5) is 15.1. The molecule has 1 rings (SSSR count). The first-order chi connectivity index (χ1) is 4.74. The van der Waals surface area contributed by atoms with Gasteiger partial charge in [0, 0.05) is 18.2 Å². The van der Waals surface area contributed by atoms with E-state index in [2.05, 4.69) is 11.9 Å². The molecule has 2 nitrogen and oxygen atoms in total. The molecular weight excluding hydrogens is 126 g/mol. The second kappa shape index (κ2) is 2.95. The van der Waals surface area contributed by atoms with Crippen molar-refractivity contribution in [3.8, 4) is 0 Å². The molecule has 0 aliphatic carbocycles. The molecular formula is C8H13NO. The van der Waals surface area contributed by atoms with Crippen molar-refractivity contribution in [2.75, 3.05) is 6.54 Å². The lowest BCUT2D eigenvalue weighted by Gasteiger charge is -2.00. The Bertz CT molecular complexity index is 172. The number of rotatable bonds is 2. The molecule has 2 heteroatoms. The van der Waals surface area contributed by atoms with Crippen molar-refractivity contribution in [3.05, 3.63) is 0 Å². The lowest BCUT2D eigenvalue weighted by Crippen LogP contribution is -2.11. The van der Waals surface area contributed by atoms with E-state index in [4.69, 9.17) is 0 Å². The highest BCUT2D eigenvalue weighted by molar-refractivity contribution is 5.92. The quantitative estimate of drug-likeness (QED) is 0.569. The zero-order valence-electron chi connectivity index (χ0n) is 6.55. The van der Waals surface area contributed by atoms with Crippen LogP contribution in [0.5, 0.6) is 0 Å². The van der Waals surface area contributed by atoms with Gasteiger partial charge in [-0.3, -0.25) is 9.79 Å². The molecule has 0 saturated heterocycles. The third-order valence-corrected chi connectivity index (χ3v) is 2.00. The number of hydrogen-bond acceptors (Lipinski definition) is 2. The zero-order valence-corrected chi connectivity index (χ0v) is 6.55. The fraction of sp³-hybridized carbons (Fsp3) is 0.750. The minimum Gasteiger partial charge on any atom is -0.300 e. The average molecular weight is 139 g/mol. The molecule has 1 atom stereocenters. The van der Waals surface area contributed by atoms with Crippen molar-refractivity contribution < 1.29 is 4.79 Å². The number of hydrogen-bond donors (Lipinski definition) is 0. The Labute approximate surface area is 61.3 Å². The lowest BCUT2D eigenvalue weighted by atomic mass is 10.0. The standard InChI is InChI=1S/C8H13NO/c1-3-8-4-7(5-9-8)6(2)10/h7H,3-5H2,1-2H3. The topological polar surface area (TPSA) is 29.4 Å². The van der Waals surface area contributed by atoms with Crippen LogP contribution in [0, 0.1) is 5.92 Å². The summed E-state index contributed by atoms with van der Waals surface area (Å²) in [5.41, 5.74) is 1.21. The van der Waals surface area contributed by atoms with Gasteiger partial charge >= 0.3 is 0 Å². The van der Waals surface area contributed by atoms with E-state index in [9.17, 15) is 4.79 Å². The molecule has 1 heterocycles. The summed E-state index contributed by atoms with van der Waals surface area (Å²) >= 11 is 0. The van der Waals surface area contributed by atoms with Crippen LogP contribution in [0.1, 0.15) is 26.7 Å². The zero-order chi connectivity index (χ0) is 7.56. The molecule has 0 fully saturated rings. The molecule has 0 aromatic heterocycles. The van der Waals surface area contributed by atoms with E-state index in [1.165, 1.54) is 5.71 Å². The third-order valence-electron chi connectivity index (χ3n) is 2.00. The molecule has 56 valence electrons. The number of ketones is 1. The molecule has 0 radical (unpaired) electrons. The normalized spacial score (nSPS) is 24.6. The molecule has 0 amide bonds. The van der Waals surface area contributed by atoms with Crippen molar-refractivity contribution in [3.63, 3.8) is 0 Å². The maximum absolute atomic E-state index is 10.8. The Balaban J connectivity index is 2.43. The minimum absolute atomic E-state index is 0.204. The Kier molecular flexibility index (Phi) is 2.20. The van der Waals surface area contributed by atoms with Gasteiger partial charge in [-0.05, 0) is 19.8 Å². The molecule has 0 N–H and O–H groups in total. The van der Waals surface area contributed by atoms with E-state index < -0.39 is 0 Å². The summed E-state index contributed by atoms with van der Waals surface area (Å²) in [6, 6.07) is 0. The van der Waals surface area contributed by atoms with Gasteiger partial charge in [0.25, 0.3) is 0 Å². The summed E-state index contributed by atoms with van der Waals surface area (Å²) in [6.45, 7) is 4.47. The first-order valence-corrected chi connectivity index (χ1v) is 3.76. The smallest absolute Gasteiger partial charge is 0.135 e. The number of nitrogens with zero attached hydrogens (tertiary/aromatic N) is 1. The van der Waals surface area contributed by atoms with Gasteiger partial charge in [0.15, 0.2) is 0 Å². The first kappa shape index (κ1) is 7.45. The van der Waals surface area contributed by atoms with Crippen LogP contribution in [-0.4, -0.2) is 18.0 Å². The van der Waals surface area contributed by atoms with Crippen LogP contribution in [-0.2, 0) is 4.79 Å². The molecule has 1 aliphatic rings. The van der Waals surface area contributed by atoms with Crippen molar-refractivity contribution in [2.45, 2.75) is 26.7 Å². The summed E-state index contributed by atoms with van der Waals surface area (Å²) in [5.74, 6) is 0.488. The Hall–Kier alpha value is -0.660. The number of Topliss-reactive ketones (excluding diaryl/α,β-unsaturated/α-hetero) is 1. The SMILES string of the molecule is CCC1=NCC(C(C)=O)C1. The van der Waals surface area contributed by atoms with Crippen LogP contribution in [0.4, 0.5) is 0 Å². The van der Waals surface area contributed by atoms with Crippen LogP contribution in [0.3, 0.4) is 0 Å². The van der Waals surface area contributed by atoms with Gasteiger partial charge in [-0.1, -0.05) is 6.92 Å². The maximum Gasteiger partial charge on any atom is 0.135 e. The average Bonchev–Trinajstić information content (AvgIpc) is 2.34. The lowest BCUT2D eigenvalue weighted by molar-refractivity contribution is -0.120. The van der Waals surface area contributed by atoms with Gasteiger partial charge in [0.1, 0.15) is 5.78 Å². The van der Waals surface area contributed by atoms with E-state index in [0.717, 1.165) is 19.4 Å². The van der Waals surface area contributed by atoms with Gasteiger partial charge in [-0.2, -0.15) is 0 Å². The fourth-order valence-electron chi connectivity index (χ4n) is 1.18. The second-order valence-corrected chi connectivity index (χ2v) is 2.77. The Morgan fingerprint density at radius 3 is 2.80 bits per heavy atom. The van der Waals surface area contributed by atoms with E-state index >= 15 is 0 Å². The highest BCUT2D eigenvalue weighted by Gasteiger charge is 2.20. The molecule has 0 aromatic rings. The van der Waals surface area contributed by atoms with Crippen LogP contribution in [0.15, 0.2) is 4.99 Å². The largest absolute Gasteiger partial charge is 0.300 e. The molecule has 1 unspecified atom stereocenters. The van der Waals surface area contributed by atoms with Crippen LogP contribution < -0.4 is 0 Å². The minimum atomic E-state index is 0.204. The van der Waals surface area contributed by atoms with Crippen LogP contribution in [0.2, 0.25) is 0 Å². The van der Waals surface area contributed by atoms with Crippen LogP contribution >= 0.6 is 0 Å². The van der Waals surface area contributed by atoms with Gasteiger partial charge in [0.2, 0.25) is 0 Å². The molecule has 0 bridgehead atoms. The molecule has 0 saturated carbocycles. The molecule has 1 aliphatic heterocycles. The number of carbonyl (C=O) groups is 1. The van der Waals surface area contributed by atoms with Crippen molar-refractivity contribution in [2.24, 2.45) is 10.9 Å². The second-order valence-electron chi connectivity index (χ2n) is 2.77. The maximum atomic E-state index is 10.8. The number of aliphatic imine (C=N–C) groups is 1. The predicted octanol–water partition coefficient (Wildman–Crippen LogP) is 1.45. The van der Waals surface area contributed by atoms with Gasteiger partial charge < -0.3 is 0 Å². The van der Waals surface area contributed by atoms with Crippen molar-refractivity contribution in [1.29, 1.82) is 0 Å². The highest BCUT2D eigenvalue weighted by atomic mass is 16.1. The predicted molar refractivity (Wildman–Crippen MR) is 41.4 cm³/mol. The van der Waals surface area contributed by atoms with E-state index in [1.807, 2.05) is 0 Å². The highest BCUT2D eigenvalue weighted by Crippen LogP contribution is 2.15. The fourth-order valence-corrected chi connectivity index (χ4v) is 1.18. The van der Waals surface area contributed by atoms with Crippen molar-refractivity contribution in [1.82, 2.24) is 0 Å². The third kappa shape index (κ3) is 1.43. The van der Waals surface area contributed by atoms with E-state index in [-0.39, 0.29) is 11.7 Å². The first-order valence-electron chi connectivity index (χ1n) is 3.76. The molecule has 10 heavy (non-hydrogen) atoms. The summed E-state index contributed by atoms with van der Waals surface area (Å²) < 4.78 is 0.